The summed E-state index contributed by atoms with van der Waals surface area (Å²) in [6.45, 7) is 1.86. The summed E-state index contributed by atoms with van der Waals surface area (Å²) in [4.78, 5) is 15.0. The van der Waals surface area contributed by atoms with Crippen molar-refractivity contribution in [3.05, 3.63) is 65.1 Å². The van der Waals surface area contributed by atoms with Gasteiger partial charge in [0.2, 0.25) is 0 Å². The number of oxazole rings is 1. The maximum absolute atomic E-state index is 10.8. The first kappa shape index (κ1) is 17.0. The fourth-order valence-corrected chi connectivity index (χ4v) is 2.61. The van der Waals surface area contributed by atoms with E-state index < -0.39 is 5.97 Å². The number of hydrogen-bond acceptors (Lipinski definition) is 5. The third kappa shape index (κ3) is 4.00. The fourth-order valence-electron chi connectivity index (χ4n) is 2.37. The van der Waals surface area contributed by atoms with Crippen molar-refractivity contribution in [2.45, 2.75) is 19.8 Å². The molecule has 0 aliphatic rings. The lowest BCUT2D eigenvalue weighted by atomic mass is 10.1. The van der Waals surface area contributed by atoms with Gasteiger partial charge in [-0.15, -0.1) is 0 Å². The largest absolute Gasteiger partial charge is 0.550 e. The van der Waals surface area contributed by atoms with E-state index in [0.29, 0.717) is 23.1 Å². The van der Waals surface area contributed by atoms with Gasteiger partial charge >= 0.3 is 5.95 Å². The van der Waals surface area contributed by atoms with Crippen LogP contribution in [0.4, 0.5) is 0 Å². The molecule has 0 spiro atoms. The molecule has 0 radical (unpaired) electrons. The van der Waals surface area contributed by atoms with Gasteiger partial charge in [0.15, 0.2) is 5.89 Å². The van der Waals surface area contributed by atoms with Gasteiger partial charge in [0.05, 0.1) is 0 Å². The minimum atomic E-state index is -1.24. The quantitative estimate of drug-likeness (QED) is 0.674. The Morgan fingerprint density at radius 1 is 1.20 bits per heavy atom. The van der Waals surface area contributed by atoms with E-state index in [2.05, 4.69) is 4.98 Å². The first-order valence-corrected chi connectivity index (χ1v) is 8.16. The van der Waals surface area contributed by atoms with Crippen molar-refractivity contribution in [2.75, 3.05) is 0 Å². The number of aliphatic carboxylic acids is 1. The lowest BCUT2D eigenvalue weighted by Gasteiger charge is -2.07. The highest BCUT2D eigenvalue weighted by molar-refractivity contribution is 6.33. The highest BCUT2D eigenvalue weighted by Crippen LogP contribution is 2.31. The van der Waals surface area contributed by atoms with Crippen LogP contribution in [0.25, 0.3) is 11.1 Å². The number of carboxylic acid groups (broad SMARTS) is 1. The molecule has 1 heterocycles. The van der Waals surface area contributed by atoms with Gasteiger partial charge in [-0.3, -0.25) is 0 Å². The van der Waals surface area contributed by atoms with E-state index in [1.54, 1.807) is 12.1 Å². The molecule has 6 heteroatoms. The fraction of sp³-hybridized carbons (Fsp3) is 0.158. The van der Waals surface area contributed by atoms with Crippen molar-refractivity contribution in [3.63, 3.8) is 0 Å². The Bertz CT molecular complexity index is 887. The lowest BCUT2D eigenvalue weighted by Crippen LogP contribution is -2.24. The number of hydrogen-bond donors (Lipinski definition) is 0. The van der Waals surface area contributed by atoms with E-state index in [-0.39, 0.29) is 18.1 Å². The first-order valence-electron chi connectivity index (χ1n) is 7.78. The van der Waals surface area contributed by atoms with Crippen LogP contribution in [0.5, 0.6) is 11.7 Å². The number of benzene rings is 2. The summed E-state index contributed by atoms with van der Waals surface area (Å²) < 4.78 is 11.1. The van der Waals surface area contributed by atoms with Gasteiger partial charge in [0.1, 0.15) is 11.4 Å². The standard InChI is InChI=1S/C19H16ClNO4/c1-2-17-21-16(11-18(22)23)19(25-17)24-13-9-7-12(8-10-13)14-5-3-4-6-15(14)20/h3-10H,2,11H2,1H3,(H,22,23)/p-1. The SMILES string of the molecule is CCc1nc(CC(=O)[O-])c(Oc2ccc(-c3ccccc3Cl)cc2)o1. The van der Waals surface area contributed by atoms with E-state index >= 15 is 0 Å². The van der Waals surface area contributed by atoms with Crippen molar-refractivity contribution in [1.29, 1.82) is 0 Å². The van der Waals surface area contributed by atoms with Gasteiger partial charge in [-0.1, -0.05) is 48.9 Å². The Morgan fingerprint density at radius 2 is 1.92 bits per heavy atom. The van der Waals surface area contributed by atoms with Gasteiger partial charge in [-0.05, 0) is 23.8 Å². The van der Waals surface area contributed by atoms with Gasteiger partial charge in [-0.25, -0.2) is 4.98 Å². The molecular weight excluding hydrogens is 342 g/mol. The smallest absolute Gasteiger partial charge is 0.314 e. The maximum atomic E-state index is 10.8. The zero-order chi connectivity index (χ0) is 17.8. The van der Waals surface area contributed by atoms with Crippen LogP contribution in [-0.4, -0.2) is 11.0 Å². The van der Waals surface area contributed by atoms with Crippen LogP contribution in [0.2, 0.25) is 5.02 Å². The monoisotopic (exact) mass is 356 g/mol. The van der Waals surface area contributed by atoms with Crippen molar-refractivity contribution < 1.29 is 19.1 Å². The number of nitrogens with zero attached hydrogens (tertiary/aromatic N) is 1. The number of ether oxygens (including phenoxy) is 1. The summed E-state index contributed by atoms with van der Waals surface area (Å²) in [7, 11) is 0. The second kappa shape index (κ2) is 7.40. The van der Waals surface area contributed by atoms with Crippen LogP contribution in [0, 0.1) is 0 Å². The Morgan fingerprint density at radius 3 is 2.56 bits per heavy atom. The van der Waals surface area contributed by atoms with E-state index in [1.165, 1.54) is 0 Å². The molecule has 2 aromatic carbocycles. The molecule has 0 amide bonds. The molecule has 0 aliphatic heterocycles. The summed E-state index contributed by atoms with van der Waals surface area (Å²) in [6.07, 6.45) is 0.172. The second-order valence-electron chi connectivity index (χ2n) is 5.35. The summed E-state index contributed by atoms with van der Waals surface area (Å²) in [5.41, 5.74) is 2.08. The van der Waals surface area contributed by atoms with E-state index in [0.717, 1.165) is 11.1 Å². The minimum absolute atomic E-state index is 0.0755. The summed E-state index contributed by atoms with van der Waals surface area (Å²) in [5, 5.41) is 11.5. The zero-order valence-corrected chi connectivity index (χ0v) is 14.2. The second-order valence-corrected chi connectivity index (χ2v) is 5.76. The Balaban J connectivity index is 1.83. The Hall–Kier alpha value is -2.79. The van der Waals surface area contributed by atoms with Gasteiger partial charge in [0.25, 0.3) is 0 Å². The normalized spacial score (nSPS) is 10.6. The highest BCUT2D eigenvalue weighted by Gasteiger charge is 2.15. The third-order valence-electron chi connectivity index (χ3n) is 3.57. The summed E-state index contributed by atoms with van der Waals surface area (Å²) in [6, 6.07) is 14.8. The van der Waals surface area contributed by atoms with Crippen LogP contribution >= 0.6 is 11.6 Å². The molecule has 0 unspecified atom stereocenters. The van der Waals surface area contributed by atoms with E-state index in [4.69, 9.17) is 20.8 Å². The average molecular weight is 357 g/mol. The molecule has 0 bridgehead atoms. The molecule has 1 aromatic heterocycles. The van der Waals surface area contributed by atoms with Gasteiger partial charge < -0.3 is 19.1 Å². The van der Waals surface area contributed by atoms with E-state index in [1.807, 2.05) is 43.3 Å². The molecule has 0 aliphatic carbocycles. The molecule has 0 saturated heterocycles. The topological polar surface area (TPSA) is 75.4 Å². The van der Waals surface area contributed by atoms with Crippen molar-refractivity contribution in [1.82, 2.24) is 4.98 Å². The van der Waals surface area contributed by atoms with Crippen molar-refractivity contribution in [2.24, 2.45) is 0 Å². The molecule has 3 rings (SSSR count). The third-order valence-corrected chi connectivity index (χ3v) is 3.90. The summed E-state index contributed by atoms with van der Waals surface area (Å²) in [5.74, 6) is -0.241. The zero-order valence-electron chi connectivity index (χ0n) is 13.5. The molecule has 0 fully saturated rings. The number of halogens is 1. The predicted molar refractivity (Wildman–Crippen MR) is 91.6 cm³/mol. The number of aromatic nitrogens is 1. The molecule has 0 N–H and O–H groups in total. The number of aryl methyl sites for hydroxylation is 1. The van der Waals surface area contributed by atoms with Crippen LogP contribution in [0.1, 0.15) is 18.5 Å². The molecular formula is C19H15ClNO4-. The first-order chi connectivity index (χ1) is 12.1. The number of carbonyl (C=O) groups excluding carboxylic acids is 1. The van der Waals surface area contributed by atoms with E-state index in [9.17, 15) is 9.90 Å². The predicted octanol–water partition coefficient (Wildman–Crippen LogP) is 3.64. The van der Waals surface area contributed by atoms with Gasteiger partial charge in [-0.2, -0.15) is 0 Å². The van der Waals surface area contributed by atoms with Crippen molar-refractivity contribution in [3.8, 4) is 22.8 Å². The maximum Gasteiger partial charge on any atom is 0.314 e. The molecule has 0 atom stereocenters. The van der Waals surface area contributed by atoms with Crippen LogP contribution in [-0.2, 0) is 17.6 Å². The molecule has 5 nitrogen and oxygen atoms in total. The average Bonchev–Trinajstić information content (AvgIpc) is 2.97. The minimum Gasteiger partial charge on any atom is -0.550 e. The van der Waals surface area contributed by atoms with Crippen LogP contribution in [0.15, 0.2) is 52.9 Å². The van der Waals surface area contributed by atoms with Gasteiger partial charge in [0, 0.05) is 29.4 Å². The molecule has 128 valence electrons. The Labute approximate surface area is 149 Å². The molecule has 3 aromatic rings. The van der Waals surface area contributed by atoms with Crippen LogP contribution in [0.3, 0.4) is 0 Å². The molecule has 0 saturated carbocycles. The molecule has 25 heavy (non-hydrogen) atoms. The summed E-state index contributed by atoms with van der Waals surface area (Å²) >= 11 is 6.20. The van der Waals surface area contributed by atoms with Crippen LogP contribution < -0.4 is 9.84 Å². The lowest BCUT2D eigenvalue weighted by molar-refractivity contribution is -0.304. The Kier molecular flexibility index (Phi) is 5.05. The number of rotatable bonds is 6. The van der Waals surface area contributed by atoms with Crippen molar-refractivity contribution >= 4 is 17.6 Å². The number of carboxylic acids is 1. The number of carbonyl (C=O) groups is 1. The highest BCUT2D eigenvalue weighted by atomic mass is 35.5.